The van der Waals surface area contributed by atoms with E-state index in [1.54, 1.807) is 11.8 Å². The number of ether oxygens (including phenoxy) is 2. The number of fused-ring (bicyclic) bond motifs is 2. The Labute approximate surface area is 168 Å². The van der Waals surface area contributed by atoms with Gasteiger partial charge in [-0.15, -0.1) is 24.0 Å². The summed E-state index contributed by atoms with van der Waals surface area (Å²) in [6.45, 7) is 4.62. The molecule has 3 aromatic rings. The average molecular weight is 467 g/mol. The van der Waals surface area contributed by atoms with E-state index < -0.39 is 0 Å². The van der Waals surface area contributed by atoms with Crippen molar-refractivity contribution in [2.45, 2.75) is 25.0 Å². The molecule has 4 nitrogen and oxygen atoms in total. The summed E-state index contributed by atoms with van der Waals surface area (Å²) in [5.41, 5.74) is 3.20. The van der Waals surface area contributed by atoms with Crippen molar-refractivity contribution in [3.8, 4) is 22.8 Å². The van der Waals surface area contributed by atoms with Gasteiger partial charge in [-0.1, -0.05) is 30.3 Å². The maximum absolute atomic E-state index is 5.60. The Balaban J connectivity index is 0.00000182. The SMILES string of the molecule is CSc1nc(-c2ccccc2)c2cc3c(cc2[n+]1C(C)C)OCO3.I. The van der Waals surface area contributed by atoms with Crippen LogP contribution in [0.2, 0.25) is 0 Å². The van der Waals surface area contributed by atoms with Crippen molar-refractivity contribution in [3.63, 3.8) is 0 Å². The molecule has 0 fully saturated rings. The van der Waals surface area contributed by atoms with Crippen molar-refractivity contribution in [2.24, 2.45) is 0 Å². The minimum Gasteiger partial charge on any atom is -0.454 e. The lowest BCUT2D eigenvalue weighted by atomic mass is 10.1. The Hall–Kier alpha value is -1.54. The van der Waals surface area contributed by atoms with Crippen molar-refractivity contribution in [3.05, 3.63) is 42.5 Å². The lowest BCUT2D eigenvalue weighted by molar-refractivity contribution is -0.730. The number of hydrogen-bond acceptors (Lipinski definition) is 4. The van der Waals surface area contributed by atoms with E-state index in [0.717, 1.165) is 38.8 Å². The number of thioether (sulfide) groups is 1. The normalized spacial score (nSPS) is 12.5. The van der Waals surface area contributed by atoms with Crippen molar-refractivity contribution in [2.75, 3.05) is 13.0 Å². The maximum Gasteiger partial charge on any atom is 0.360 e. The van der Waals surface area contributed by atoms with E-state index in [2.05, 4.69) is 48.9 Å². The van der Waals surface area contributed by atoms with Crippen LogP contribution in [0, 0.1) is 0 Å². The van der Waals surface area contributed by atoms with Crippen molar-refractivity contribution in [1.29, 1.82) is 0 Å². The van der Waals surface area contributed by atoms with Crippen LogP contribution in [-0.2, 0) is 0 Å². The highest BCUT2D eigenvalue weighted by Gasteiger charge is 2.27. The fraction of sp³-hybridized carbons (Fsp3) is 0.263. The molecular formula is C19H20IN2O2S+. The quantitative estimate of drug-likeness (QED) is 0.239. The third-order valence-electron chi connectivity index (χ3n) is 4.17. The lowest BCUT2D eigenvalue weighted by Crippen LogP contribution is -2.40. The predicted octanol–water partition coefficient (Wildman–Crippen LogP) is 4.84. The lowest BCUT2D eigenvalue weighted by Gasteiger charge is -2.13. The van der Waals surface area contributed by atoms with Crippen molar-refractivity contribution in [1.82, 2.24) is 4.98 Å². The van der Waals surface area contributed by atoms with Crippen LogP contribution in [0.25, 0.3) is 22.2 Å². The first-order chi connectivity index (χ1) is 11.7. The third kappa shape index (κ3) is 3.17. The fourth-order valence-electron chi connectivity index (χ4n) is 3.09. The van der Waals surface area contributed by atoms with E-state index in [1.165, 1.54) is 0 Å². The molecule has 2 aromatic carbocycles. The molecule has 4 rings (SSSR count). The van der Waals surface area contributed by atoms with E-state index in [1.807, 2.05) is 18.2 Å². The van der Waals surface area contributed by atoms with Crippen molar-refractivity contribution < 1.29 is 14.0 Å². The van der Waals surface area contributed by atoms with E-state index in [-0.39, 0.29) is 30.8 Å². The smallest absolute Gasteiger partial charge is 0.360 e. The van der Waals surface area contributed by atoms with Crippen LogP contribution in [0.1, 0.15) is 19.9 Å². The second-order valence-electron chi connectivity index (χ2n) is 6.00. The summed E-state index contributed by atoms with van der Waals surface area (Å²) in [5, 5.41) is 2.08. The number of nitrogens with zero attached hydrogens (tertiary/aromatic N) is 2. The Morgan fingerprint density at radius 1 is 1.08 bits per heavy atom. The molecule has 0 bridgehead atoms. The topological polar surface area (TPSA) is 35.2 Å². The zero-order valence-electron chi connectivity index (χ0n) is 14.4. The minimum atomic E-state index is 0. The van der Waals surface area contributed by atoms with Gasteiger partial charge in [-0.25, -0.2) is 4.57 Å². The van der Waals surface area contributed by atoms with Gasteiger partial charge in [0.1, 0.15) is 5.52 Å². The first kappa shape index (κ1) is 18.3. The minimum absolute atomic E-state index is 0. The molecule has 1 aromatic heterocycles. The highest BCUT2D eigenvalue weighted by Crippen LogP contribution is 2.38. The van der Waals surface area contributed by atoms with Gasteiger partial charge in [0.2, 0.25) is 6.79 Å². The van der Waals surface area contributed by atoms with Gasteiger partial charge in [0.15, 0.2) is 17.2 Å². The Morgan fingerprint density at radius 2 is 1.76 bits per heavy atom. The molecule has 0 N–H and O–H groups in total. The number of benzene rings is 2. The fourth-order valence-corrected chi connectivity index (χ4v) is 3.78. The molecule has 2 heterocycles. The average Bonchev–Trinajstić information content (AvgIpc) is 3.06. The standard InChI is InChI=1S/C19H19N2O2S.HI/c1-12(2)21-15-10-17-16(22-11-23-17)9-14(15)18(20-19(21)24-3)13-7-5-4-6-8-13;/h4-10,12H,11H2,1-3H3;1H/q+1;. The van der Waals surface area contributed by atoms with E-state index in [4.69, 9.17) is 14.5 Å². The van der Waals surface area contributed by atoms with E-state index in [9.17, 15) is 0 Å². The summed E-state index contributed by atoms with van der Waals surface area (Å²) in [4.78, 5) is 4.97. The van der Waals surface area contributed by atoms with Crippen LogP contribution < -0.4 is 14.0 Å². The maximum atomic E-state index is 5.60. The molecule has 6 heteroatoms. The molecule has 0 unspecified atom stereocenters. The number of halogens is 1. The predicted molar refractivity (Wildman–Crippen MR) is 111 cm³/mol. The van der Waals surface area contributed by atoms with Crippen LogP contribution in [0.5, 0.6) is 11.5 Å². The molecule has 1 aliphatic heterocycles. The van der Waals surface area contributed by atoms with E-state index in [0.29, 0.717) is 6.04 Å². The molecule has 0 amide bonds. The van der Waals surface area contributed by atoms with E-state index >= 15 is 0 Å². The van der Waals surface area contributed by atoms with Crippen molar-refractivity contribution >= 4 is 46.6 Å². The molecule has 0 saturated carbocycles. The van der Waals surface area contributed by atoms with Gasteiger partial charge in [-0.05, 0) is 36.8 Å². The van der Waals surface area contributed by atoms with Crippen LogP contribution in [0.4, 0.5) is 0 Å². The highest BCUT2D eigenvalue weighted by atomic mass is 127. The van der Waals surface area contributed by atoms with Crippen LogP contribution >= 0.6 is 35.7 Å². The number of rotatable bonds is 3. The molecule has 130 valence electrons. The third-order valence-corrected chi connectivity index (χ3v) is 4.82. The highest BCUT2D eigenvalue weighted by molar-refractivity contribution is 14.0. The molecule has 1 aliphatic rings. The van der Waals surface area contributed by atoms with Gasteiger partial charge in [0.05, 0.1) is 11.4 Å². The molecule has 0 aliphatic carbocycles. The first-order valence-corrected chi connectivity index (χ1v) is 9.20. The van der Waals surface area contributed by atoms with Crippen LogP contribution in [0.3, 0.4) is 0 Å². The summed E-state index contributed by atoms with van der Waals surface area (Å²) < 4.78 is 13.4. The molecule has 0 atom stereocenters. The molecule has 0 saturated heterocycles. The van der Waals surface area contributed by atoms with Gasteiger partial charge >= 0.3 is 5.16 Å². The van der Waals surface area contributed by atoms with Gasteiger partial charge in [0.25, 0.3) is 0 Å². The second kappa shape index (κ2) is 7.37. The monoisotopic (exact) mass is 467 g/mol. The molecule has 25 heavy (non-hydrogen) atoms. The summed E-state index contributed by atoms with van der Waals surface area (Å²) in [7, 11) is 0. The zero-order chi connectivity index (χ0) is 16.7. The summed E-state index contributed by atoms with van der Waals surface area (Å²) >= 11 is 1.66. The Bertz CT molecular complexity index is 916. The summed E-state index contributed by atoms with van der Waals surface area (Å²) in [6.07, 6.45) is 2.06. The number of aromatic nitrogens is 2. The summed E-state index contributed by atoms with van der Waals surface area (Å²) in [5.74, 6) is 1.59. The van der Waals surface area contributed by atoms with Crippen LogP contribution in [-0.4, -0.2) is 18.0 Å². The molecular weight excluding hydrogens is 447 g/mol. The summed E-state index contributed by atoms with van der Waals surface area (Å²) in [6, 6.07) is 14.7. The van der Waals surface area contributed by atoms with Gasteiger partial charge in [0, 0.05) is 17.7 Å². The van der Waals surface area contributed by atoms with Gasteiger partial charge < -0.3 is 9.47 Å². The van der Waals surface area contributed by atoms with Crippen LogP contribution in [0.15, 0.2) is 47.6 Å². The molecule has 0 radical (unpaired) electrons. The van der Waals surface area contributed by atoms with Gasteiger partial charge in [-0.2, -0.15) is 0 Å². The molecule has 0 spiro atoms. The Kier molecular flexibility index (Phi) is 5.38. The van der Waals surface area contributed by atoms with Gasteiger partial charge in [-0.3, -0.25) is 0 Å². The Morgan fingerprint density at radius 3 is 2.40 bits per heavy atom. The number of hydrogen-bond donors (Lipinski definition) is 0. The largest absolute Gasteiger partial charge is 0.454 e. The zero-order valence-corrected chi connectivity index (χ0v) is 17.5. The second-order valence-corrected chi connectivity index (χ2v) is 6.77. The first-order valence-electron chi connectivity index (χ1n) is 7.97.